The molecule has 6 nitrogen and oxygen atoms in total. The summed E-state index contributed by atoms with van der Waals surface area (Å²) in [5, 5.41) is 7.04. The van der Waals surface area contributed by atoms with Gasteiger partial charge >= 0.3 is 0 Å². The fourth-order valence-corrected chi connectivity index (χ4v) is 1.71. The van der Waals surface area contributed by atoms with Gasteiger partial charge in [0.1, 0.15) is 5.75 Å². The molecule has 1 aromatic carbocycles. The maximum absolute atomic E-state index is 11.7. The van der Waals surface area contributed by atoms with Gasteiger partial charge in [-0.25, -0.2) is 5.43 Å². The fourth-order valence-electron chi connectivity index (χ4n) is 1.71. The van der Waals surface area contributed by atoms with Gasteiger partial charge in [0.25, 0.3) is 5.91 Å². The van der Waals surface area contributed by atoms with Gasteiger partial charge in [0.15, 0.2) is 0 Å². The fraction of sp³-hybridized carbons (Fsp3) is 0.188. The van der Waals surface area contributed by atoms with Crippen molar-refractivity contribution in [3.8, 4) is 5.75 Å². The number of carbonyl (C=O) groups is 1. The summed E-state index contributed by atoms with van der Waals surface area (Å²) in [6.45, 7) is 1.92. The van der Waals surface area contributed by atoms with Crippen molar-refractivity contribution in [1.29, 1.82) is 0 Å². The second-order valence-corrected chi connectivity index (χ2v) is 4.53. The first-order valence-electron chi connectivity index (χ1n) is 6.81. The van der Waals surface area contributed by atoms with Crippen molar-refractivity contribution in [1.82, 2.24) is 10.4 Å². The van der Waals surface area contributed by atoms with Gasteiger partial charge in [-0.2, -0.15) is 5.10 Å². The summed E-state index contributed by atoms with van der Waals surface area (Å²) in [6, 6.07) is 12.9. The number of methoxy groups -OCH3 is 1. The molecule has 0 aliphatic rings. The van der Waals surface area contributed by atoms with E-state index in [0.29, 0.717) is 5.71 Å². The molecule has 6 heteroatoms. The SMILES string of the molecule is COc1ccc(NCC(=O)N/N=C(/C)c2ccccn2)cc1. The van der Waals surface area contributed by atoms with Crippen LogP contribution >= 0.6 is 0 Å². The molecule has 0 atom stereocenters. The van der Waals surface area contributed by atoms with E-state index in [1.165, 1.54) is 0 Å². The van der Waals surface area contributed by atoms with Crippen LogP contribution in [-0.2, 0) is 4.79 Å². The van der Waals surface area contributed by atoms with Crippen LogP contribution in [0.15, 0.2) is 53.8 Å². The van der Waals surface area contributed by atoms with Gasteiger partial charge in [-0.1, -0.05) is 6.07 Å². The predicted octanol–water partition coefficient (Wildman–Crippen LogP) is 2.04. The van der Waals surface area contributed by atoms with Crippen molar-refractivity contribution >= 4 is 17.3 Å². The zero-order valence-corrected chi connectivity index (χ0v) is 12.5. The lowest BCUT2D eigenvalue weighted by molar-refractivity contribution is -0.119. The molecule has 0 saturated heterocycles. The molecule has 0 fully saturated rings. The van der Waals surface area contributed by atoms with Crippen molar-refractivity contribution in [2.45, 2.75) is 6.92 Å². The van der Waals surface area contributed by atoms with Crippen LogP contribution < -0.4 is 15.5 Å². The molecule has 0 radical (unpaired) electrons. The minimum atomic E-state index is -0.230. The summed E-state index contributed by atoms with van der Waals surface area (Å²) in [5.41, 5.74) is 4.71. The molecule has 1 heterocycles. The first kappa shape index (κ1) is 15.5. The predicted molar refractivity (Wildman–Crippen MR) is 86.1 cm³/mol. The molecule has 22 heavy (non-hydrogen) atoms. The molecule has 2 rings (SSSR count). The van der Waals surface area contributed by atoms with Crippen LogP contribution in [0, 0.1) is 0 Å². The summed E-state index contributed by atoms with van der Waals surface area (Å²) < 4.78 is 5.07. The molecule has 1 aromatic heterocycles. The van der Waals surface area contributed by atoms with Crippen molar-refractivity contribution in [3.63, 3.8) is 0 Å². The van der Waals surface area contributed by atoms with Gasteiger partial charge in [0.2, 0.25) is 0 Å². The average Bonchev–Trinajstić information content (AvgIpc) is 2.59. The number of ether oxygens (including phenoxy) is 1. The molecule has 0 spiro atoms. The van der Waals surface area contributed by atoms with E-state index in [2.05, 4.69) is 20.8 Å². The van der Waals surface area contributed by atoms with Gasteiger partial charge in [-0.15, -0.1) is 0 Å². The first-order valence-corrected chi connectivity index (χ1v) is 6.81. The Bertz CT molecular complexity index is 639. The van der Waals surface area contributed by atoms with E-state index in [4.69, 9.17) is 4.74 Å². The van der Waals surface area contributed by atoms with Gasteiger partial charge < -0.3 is 10.1 Å². The van der Waals surface area contributed by atoms with E-state index >= 15 is 0 Å². The molecule has 0 bridgehead atoms. The number of amides is 1. The number of rotatable bonds is 6. The van der Waals surface area contributed by atoms with E-state index in [0.717, 1.165) is 17.1 Å². The first-order chi connectivity index (χ1) is 10.7. The van der Waals surface area contributed by atoms with Gasteiger partial charge in [-0.3, -0.25) is 9.78 Å². The maximum Gasteiger partial charge on any atom is 0.259 e. The molecule has 1 amide bonds. The van der Waals surface area contributed by atoms with Gasteiger partial charge in [0.05, 0.1) is 25.1 Å². The highest BCUT2D eigenvalue weighted by Crippen LogP contribution is 2.14. The van der Waals surface area contributed by atoms with Crippen molar-refractivity contribution in [2.24, 2.45) is 5.10 Å². The molecular weight excluding hydrogens is 280 g/mol. The minimum absolute atomic E-state index is 0.130. The lowest BCUT2D eigenvalue weighted by Crippen LogP contribution is -2.26. The maximum atomic E-state index is 11.7. The standard InChI is InChI=1S/C16H18N4O2/c1-12(15-5-3-4-10-17-15)19-20-16(21)11-18-13-6-8-14(22-2)9-7-13/h3-10,18H,11H2,1-2H3,(H,20,21)/b19-12-. The molecule has 2 N–H and O–H groups in total. The topological polar surface area (TPSA) is 75.6 Å². The number of hydrazone groups is 1. The van der Waals surface area contributed by atoms with E-state index < -0.39 is 0 Å². The molecule has 114 valence electrons. The summed E-state index contributed by atoms with van der Waals surface area (Å²) in [7, 11) is 1.61. The summed E-state index contributed by atoms with van der Waals surface area (Å²) in [4.78, 5) is 15.9. The van der Waals surface area contributed by atoms with Crippen LogP contribution in [0.2, 0.25) is 0 Å². The van der Waals surface area contributed by atoms with Crippen molar-refractivity contribution < 1.29 is 9.53 Å². The van der Waals surface area contributed by atoms with Crippen LogP contribution in [-0.4, -0.2) is 30.3 Å². The third-order valence-electron chi connectivity index (χ3n) is 2.93. The minimum Gasteiger partial charge on any atom is -0.497 e. The molecule has 0 saturated carbocycles. The number of carbonyl (C=O) groups excluding carboxylic acids is 1. The highest BCUT2D eigenvalue weighted by Gasteiger charge is 2.02. The lowest BCUT2D eigenvalue weighted by Gasteiger charge is -2.06. The van der Waals surface area contributed by atoms with E-state index in [1.54, 1.807) is 20.2 Å². The highest BCUT2D eigenvalue weighted by atomic mass is 16.5. The van der Waals surface area contributed by atoms with Crippen LogP contribution in [0.3, 0.4) is 0 Å². The second-order valence-electron chi connectivity index (χ2n) is 4.53. The summed E-state index contributed by atoms with van der Waals surface area (Å²) >= 11 is 0. The molecule has 0 aliphatic carbocycles. The number of nitrogens with zero attached hydrogens (tertiary/aromatic N) is 2. The largest absolute Gasteiger partial charge is 0.497 e. The Labute approximate surface area is 129 Å². The van der Waals surface area contributed by atoms with Crippen LogP contribution in [0.4, 0.5) is 5.69 Å². The Morgan fingerprint density at radius 1 is 1.23 bits per heavy atom. The summed E-state index contributed by atoms with van der Waals surface area (Å²) in [6.07, 6.45) is 1.68. The molecule has 2 aromatic rings. The monoisotopic (exact) mass is 298 g/mol. The van der Waals surface area contributed by atoms with Crippen LogP contribution in [0.25, 0.3) is 0 Å². The van der Waals surface area contributed by atoms with E-state index in [1.807, 2.05) is 42.5 Å². The zero-order chi connectivity index (χ0) is 15.8. The number of anilines is 1. The number of hydrogen-bond acceptors (Lipinski definition) is 5. The molecular formula is C16H18N4O2. The normalized spacial score (nSPS) is 10.9. The Morgan fingerprint density at radius 2 is 2.00 bits per heavy atom. The molecule has 0 aliphatic heterocycles. The van der Waals surface area contributed by atoms with Gasteiger partial charge in [0, 0.05) is 11.9 Å². The van der Waals surface area contributed by atoms with Crippen LogP contribution in [0.1, 0.15) is 12.6 Å². The average molecular weight is 298 g/mol. The third kappa shape index (κ3) is 4.59. The Kier molecular flexibility index (Phi) is 5.48. The number of benzene rings is 1. The summed E-state index contributed by atoms with van der Waals surface area (Å²) in [5.74, 6) is 0.539. The number of hydrogen-bond donors (Lipinski definition) is 2. The second kappa shape index (κ2) is 7.78. The van der Waals surface area contributed by atoms with E-state index in [-0.39, 0.29) is 12.5 Å². The van der Waals surface area contributed by atoms with Crippen molar-refractivity contribution in [2.75, 3.05) is 19.0 Å². The number of aromatic nitrogens is 1. The Balaban J connectivity index is 1.82. The smallest absolute Gasteiger partial charge is 0.259 e. The quantitative estimate of drug-likeness (QED) is 0.632. The van der Waals surface area contributed by atoms with Gasteiger partial charge in [-0.05, 0) is 43.3 Å². The number of nitrogens with one attached hydrogen (secondary N) is 2. The Morgan fingerprint density at radius 3 is 2.64 bits per heavy atom. The van der Waals surface area contributed by atoms with Crippen LogP contribution in [0.5, 0.6) is 5.75 Å². The highest BCUT2D eigenvalue weighted by molar-refractivity contribution is 5.97. The third-order valence-corrected chi connectivity index (χ3v) is 2.93. The van der Waals surface area contributed by atoms with E-state index in [9.17, 15) is 4.79 Å². The Hall–Kier alpha value is -2.89. The zero-order valence-electron chi connectivity index (χ0n) is 12.5. The number of pyridine rings is 1. The van der Waals surface area contributed by atoms with Crippen molar-refractivity contribution in [3.05, 3.63) is 54.4 Å². The lowest BCUT2D eigenvalue weighted by atomic mass is 10.3. The molecule has 0 unspecified atom stereocenters.